The number of hydrogen-bond acceptors (Lipinski definition) is 3. The monoisotopic (exact) mass is 185 g/mol. The lowest BCUT2D eigenvalue weighted by atomic mass is 10.0. The van der Waals surface area contributed by atoms with Crippen LogP contribution in [0.25, 0.3) is 0 Å². The fraction of sp³-hybridized carbons (Fsp3) is 0.900. The van der Waals surface area contributed by atoms with Gasteiger partial charge in [0.2, 0.25) is 0 Å². The van der Waals surface area contributed by atoms with Gasteiger partial charge >= 0.3 is 0 Å². The summed E-state index contributed by atoms with van der Waals surface area (Å²) in [5.41, 5.74) is 5.24. The van der Waals surface area contributed by atoms with Crippen LogP contribution in [0.5, 0.6) is 0 Å². The Hall–Kier alpha value is -0.410. The zero-order valence-corrected chi connectivity index (χ0v) is 8.13. The molecule has 1 rings (SSSR count). The summed E-state index contributed by atoms with van der Waals surface area (Å²) < 4.78 is 5.08. The van der Waals surface area contributed by atoms with Crippen LogP contribution in [-0.2, 0) is 9.53 Å². The number of rotatable bonds is 6. The highest BCUT2D eigenvalue weighted by molar-refractivity contribution is 5.79. The zero-order valence-electron chi connectivity index (χ0n) is 8.13. The van der Waals surface area contributed by atoms with E-state index >= 15 is 0 Å². The maximum atomic E-state index is 11.3. The Labute approximate surface area is 79.6 Å². The minimum absolute atomic E-state index is 0.236. The molecule has 0 saturated heterocycles. The number of Topliss-reactive ketones (excluding diaryl/α,β-unsaturated/α-hetero) is 1. The largest absolute Gasteiger partial charge is 0.372 e. The van der Waals surface area contributed by atoms with Crippen LogP contribution in [0, 0.1) is 5.92 Å². The second-order valence-electron chi connectivity index (χ2n) is 3.73. The van der Waals surface area contributed by atoms with Gasteiger partial charge in [-0.2, -0.15) is 0 Å². The number of carbonyl (C=O) groups is 1. The zero-order chi connectivity index (χ0) is 9.52. The Morgan fingerprint density at radius 1 is 1.38 bits per heavy atom. The van der Waals surface area contributed by atoms with E-state index in [4.69, 9.17) is 10.5 Å². The van der Waals surface area contributed by atoms with Crippen molar-refractivity contribution >= 4 is 5.78 Å². The van der Waals surface area contributed by atoms with Crippen LogP contribution in [0.4, 0.5) is 0 Å². The molecule has 0 aromatic heterocycles. The van der Waals surface area contributed by atoms with Gasteiger partial charge in [-0.25, -0.2) is 0 Å². The summed E-state index contributed by atoms with van der Waals surface area (Å²) in [6.45, 7) is 1.25. The van der Waals surface area contributed by atoms with E-state index in [1.807, 2.05) is 0 Å². The average molecular weight is 185 g/mol. The molecule has 0 amide bonds. The minimum Gasteiger partial charge on any atom is -0.372 e. The average Bonchev–Trinajstić information content (AvgIpc) is 2.57. The van der Waals surface area contributed by atoms with Crippen molar-refractivity contribution in [1.29, 1.82) is 0 Å². The van der Waals surface area contributed by atoms with Crippen LogP contribution in [0.3, 0.4) is 0 Å². The van der Waals surface area contributed by atoms with Gasteiger partial charge in [-0.05, 0) is 5.92 Å². The van der Waals surface area contributed by atoms with E-state index in [1.54, 1.807) is 0 Å². The van der Waals surface area contributed by atoms with Gasteiger partial charge in [-0.15, -0.1) is 0 Å². The van der Waals surface area contributed by atoms with Gasteiger partial charge in [0, 0.05) is 13.0 Å². The van der Waals surface area contributed by atoms with E-state index in [-0.39, 0.29) is 12.4 Å². The number of ketones is 1. The molecule has 0 aromatic rings. The number of nitrogens with two attached hydrogens (primary N) is 1. The molecule has 0 heterocycles. The maximum Gasteiger partial charge on any atom is 0.158 e. The van der Waals surface area contributed by atoms with Gasteiger partial charge in [0.1, 0.15) is 6.61 Å². The number of carbonyl (C=O) groups excluding carboxylic acids is 1. The van der Waals surface area contributed by atoms with Crippen molar-refractivity contribution in [3.05, 3.63) is 0 Å². The summed E-state index contributed by atoms with van der Waals surface area (Å²) in [6.07, 6.45) is 5.75. The molecule has 0 atom stereocenters. The van der Waals surface area contributed by atoms with Crippen LogP contribution >= 0.6 is 0 Å². The minimum atomic E-state index is 0.236. The Morgan fingerprint density at radius 3 is 2.69 bits per heavy atom. The Morgan fingerprint density at radius 2 is 2.08 bits per heavy atom. The summed E-state index contributed by atoms with van der Waals surface area (Å²) in [5.74, 6) is 0.870. The van der Waals surface area contributed by atoms with Crippen molar-refractivity contribution in [1.82, 2.24) is 0 Å². The Balaban J connectivity index is 2.02. The predicted molar refractivity (Wildman–Crippen MR) is 51.5 cm³/mol. The normalized spacial score (nSPS) is 17.9. The molecular weight excluding hydrogens is 166 g/mol. The van der Waals surface area contributed by atoms with Crippen molar-refractivity contribution in [3.8, 4) is 0 Å². The quantitative estimate of drug-likeness (QED) is 0.631. The second-order valence-corrected chi connectivity index (χ2v) is 3.73. The molecule has 1 fully saturated rings. The molecule has 0 aliphatic heterocycles. The summed E-state index contributed by atoms with van der Waals surface area (Å²) in [6, 6.07) is 0. The van der Waals surface area contributed by atoms with E-state index in [2.05, 4.69) is 0 Å². The highest BCUT2D eigenvalue weighted by Crippen LogP contribution is 2.27. The summed E-state index contributed by atoms with van der Waals surface area (Å²) in [7, 11) is 0. The standard InChI is InChI=1S/C10H19NO2/c11-5-6-13-8-10(12)7-9-3-1-2-4-9/h9H,1-8,11H2. The fourth-order valence-corrected chi connectivity index (χ4v) is 1.86. The third-order valence-corrected chi connectivity index (χ3v) is 2.52. The molecule has 1 aliphatic rings. The summed E-state index contributed by atoms with van der Waals surface area (Å²) in [5, 5.41) is 0. The molecule has 1 saturated carbocycles. The van der Waals surface area contributed by atoms with Crippen molar-refractivity contribution in [2.45, 2.75) is 32.1 Å². The van der Waals surface area contributed by atoms with E-state index in [0.717, 1.165) is 0 Å². The molecule has 0 bridgehead atoms. The highest BCUT2D eigenvalue weighted by atomic mass is 16.5. The lowest BCUT2D eigenvalue weighted by Crippen LogP contribution is -2.16. The first kappa shape index (κ1) is 10.7. The SMILES string of the molecule is NCCOCC(=O)CC1CCCC1. The summed E-state index contributed by atoms with van der Waals surface area (Å²) in [4.78, 5) is 11.3. The van der Waals surface area contributed by atoms with E-state index in [0.29, 0.717) is 25.5 Å². The molecule has 76 valence electrons. The maximum absolute atomic E-state index is 11.3. The Bertz CT molecular complexity index is 153. The molecule has 2 N–H and O–H groups in total. The van der Waals surface area contributed by atoms with Crippen LogP contribution < -0.4 is 5.73 Å². The molecule has 0 radical (unpaired) electrons. The first-order valence-electron chi connectivity index (χ1n) is 5.12. The van der Waals surface area contributed by atoms with E-state index < -0.39 is 0 Å². The van der Waals surface area contributed by atoms with E-state index in [9.17, 15) is 4.79 Å². The Kier molecular flexibility index (Phi) is 5.01. The molecule has 1 aliphatic carbocycles. The van der Waals surface area contributed by atoms with Gasteiger partial charge < -0.3 is 10.5 Å². The molecule has 0 aromatic carbocycles. The number of hydrogen-bond donors (Lipinski definition) is 1. The van der Waals surface area contributed by atoms with Crippen LogP contribution in [0.1, 0.15) is 32.1 Å². The van der Waals surface area contributed by atoms with Gasteiger partial charge in [0.25, 0.3) is 0 Å². The van der Waals surface area contributed by atoms with Crippen LogP contribution in [0.15, 0.2) is 0 Å². The van der Waals surface area contributed by atoms with Crippen molar-refractivity contribution in [2.75, 3.05) is 19.8 Å². The molecular formula is C10H19NO2. The van der Waals surface area contributed by atoms with Gasteiger partial charge in [0.05, 0.1) is 6.61 Å². The molecule has 13 heavy (non-hydrogen) atoms. The van der Waals surface area contributed by atoms with Crippen molar-refractivity contribution in [3.63, 3.8) is 0 Å². The van der Waals surface area contributed by atoms with Crippen LogP contribution in [0.2, 0.25) is 0 Å². The lowest BCUT2D eigenvalue weighted by molar-refractivity contribution is -0.124. The molecule has 0 unspecified atom stereocenters. The van der Waals surface area contributed by atoms with Gasteiger partial charge in [0.15, 0.2) is 5.78 Å². The number of ether oxygens (including phenoxy) is 1. The first-order chi connectivity index (χ1) is 6.33. The smallest absolute Gasteiger partial charge is 0.158 e. The third-order valence-electron chi connectivity index (χ3n) is 2.52. The highest BCUT2D eigenvalue weighted by Gasteiger charge is 2.17. The van der Waals surface area contributed by atoms with Crippen molar-refractivity contribution < 1.29 is 9.53 Å². The molecule has 3 nitrogen and oxygen atoms in total. The first-order valence-corrected chi connectivity index (χ1v) is 5.12. The molecule has 3 heteroatoms. The van der Waals surface area contributed by atoms with Crippen molar-refractivity contribution in [2.24, 2.45) is 11.7 Å². The second kappa shape index (κ2) is 6.11. The lowest BCUT2D eigenvalue weighted by Gasteiger charge is -2.07. The molecule has 0 spiro atoms. The fourth-order valence-electron chi connectivity index (χ4n) is 1.86. The van der Waals surface area contributed by atoms with Gasteiger partial charge in [-0.3, -0.25) is 4.79 Å². The van der Waals surface area contributed by atoms with Crippen LogP contribution in [-0.4, -0.2) is 25.5 Å². The van der Waals surface area contributed by atoms with Gasteiger partial charge in [-0.1, -0.05) is 25.7 Å². The topological polar surface area (TPSA) is 52.3 Å². The third kappa shape index (κ3) is 4.39. The van der Waals surface area contributed by atoms with E-state index in [1.165, 1.54) is 25.7 Å². The summed E-state index contributed by atoms with van der Waals surface area (Å²) >= 11 is 0. The predicted octanol–water partition coefficient (Wildman–Crippen LogP) is 1.11.